The van der Waals surface area contributed by atoms with Gasteiger partial charge < -0.3 is 20.1 Å². The Bertz CT molecular complexity index is 2770. The van der Waals surface area contributed by atoms with Gasteiger partial charge in [-0.2, -0.15) is 10.2 Å². The Balaban J connectivity index is 0.000000205. The number of pyridine rings is 1. The van der Waals surface area contributed by atoms with Crippen molar-refractivity contribution >= 4 is 34.7 Å². The number of aromatic nitrogens is 9. The van der Waals surface area contributed by atoms with E-state index in [2.05, 4.69) is 55.2 Å². The number of halogens is 7. The zero-order valence-electron chi connectivity index (χ0n) is 34.1. The molecule has 2 amide bonds. The van der Waals surface area contributed by atoms with Crippen molar-refractivity contribution in [3.05, 3.63) is 138 Å². The number of nitrogens with one attached hydrogen (secondary N) is 2. The van der Waals surface area contributed by atoms with Crippen LogP contribution in [0.1, 0.15) is 51.5 Å². The van der Waals surface area contributed by atoms with Crippen molar-refractivity contribution in [1.29, 1.82) is 0 Å². The van der Waals surface area contributed by atoms with E-state index in [1.807, 2.05) is 13.8 Å². The zero-order chi connectivity index (χ0) is 46.3. The molecule has 0 saturated carbocycles. The molecule has 0 spiro atoms. The van der Waals surface area contributed by atoms with Gasteiger partial charge in [0.15, 0.2) is 28.7 Å². The van der Waals surface area contributed by atoms with Crippen LogP contribution in [-0.2, 0) is 0 Å². The van der Waals surface area contributed by atoms with E-state index < -0.39 is 41.9 Å². The maximum Gasteiger partial charge on any atom is 0.573 e. The highest BCUT2D eigenvalue weighted by Gasteiger charge is 2.33. The Hall–Kier alpha value is -8.04. The fraction of sp³-hybridized carbons (Fsp3) is 0.167. The number of nitrogens with zero attached hydrogens (tertiary/aromatic N) is 9. The minimum atomic E-state index is -4.88. The van der Waals surface area contributed by atoms with E-state index in [1.54, 1.807) is 26.8 Å². The maximum atomic E-state index is 14.0. The van der Waals surface area contributed by atoms with Crippen molar-refractivity contribution in [1.82, 2.24) is 44.1 Å². The molecular weight excluding hydrogens is 856 g/mol. The summed E-state index contributed by atoms with van der Waals surface area (Å²) in [7, 11) is 0. The second kappa shape index (κ2) is 18.9. The summed E-state index contributed by atoms with van der Waals surface area (Å²) < 4.78 is 101. The van der Waals surface area contributed by atoms with E-state index in [-0.39, 0.29) is 56.6 Å². The number of amides is 2. The first-order chi connectivity index (χ1) is 30.4. The average Bonchev–Trinajstić information content (AvgIpc) is 3.87. The van der Waals surface area contributed by atoms with Crippen molar-refractivity contribution in [2.45, 2.75) is 47.3 Å². The van der Waals surface area contributed by atoms with Crippen LogP contribution in [0.2, 0.25) is 0 Å². The first kappa shape index (κ1) is 45.5. The molecule has 0 aliphatic carbocycles. The molecule has 8 aromatic rings. The monoisotopic (exact) mass is 889 g/mol. The van der Waals surface area contributed by atoms with Gasteiger partial charge in [0.05, 0.1) is 41.4 Å². The van der Waals surface area contributed by atoms with Gasteiger partial charge in [-0.3, -0.25) is 14.6 Å². The number of benzene rings is 2. The Morgan fingerprint density at radius 1 is 0.609 bits per heavy atom. The summed E-state index contributed by atoms with van der Waals surface area (Å²) in [5.74, 6) is -2.79. The smallest absolute Gasteiger partial charge is 0.405 e. The van der Waals surface area contributed by atoms with Crippen LogP contribution in [0.4, 0.5) is 42.4 Å². The molecule has 8 rings (SSSR count). The highest BCUT2D eigenvalue weighted by molar-refractivity contribution is 6.08. The summed E-state index contributed by atoms with van der Waals surface area (Å²) in [4.78, 5) is 46.3. The molecule has 6 heterocycles. The number of rotatable bonds is 8. The first-order valence-corrected chi connectivity index (χ1v) is 18.9. The minimum Gasteiger partial charge on any atom is -0.405 e. The van der Waals surface area contributed by atoms with Gasteiger partial charge in [-0.1, -0.05) is 38.1 Å². The number of carbonyl (C=O) groups is 2. The van der Waals surface area contributed by atoms with Crippen molar-refractivity contribution in [3.63, 3.8) is 0 Å². The van der Waals surface area contributed by atoms with Crippen molar-refractivity contribution in [2.24, 2.45) is 0 Å². The van der Waals surface area contributed by atoms with Gasteiger partial charge in [-0.25, -0.2) is 33.4 Å². The largest absolute Gasteiger partial charge is 0.573 e. The minimum absolute atomic E-state index is 0.0159. The van der Waals surface area contributed by atoms with E-state index in [0.29, 0.717) is 17.0 Å². The zero-order valence-corrected chi connectivity index (χ0v) is 34.1. The number of fused-ring (bicyclic) bond motifs is 2. The number of carbonyl (C=O) groups excluding carboxylic acids is 2. The third kappa shape index (κ3) is 10.9. The molecule has 2 N–H and O–H groups in total. The van der Waals surface area contributed by atoms with E-state index in [0.717, 1.165) is 6.07 Å². The van der Waals surface area contributed by atoms with Crippen molar-refractivity contribution in [2.75, 3.05) is 10.6 Å². The van der Waals surface area contributed by atoms with E-state index in [1.165, 1.54) is 101 Å². The summed E-state index contributed by atoms with van der Waals surface area (Å²) in [6.45, 7) is 9.14. The lowest BCUT2D eigenvalue weighted by Gasteiger charge is -2.13. The third-order valence-corrected chi connectivity index (χ3v) is 8.51. The molecule has 0 unspecified atom stereocenters. The number of para-hydroxylation sites is 2. The topological polar surface area (TPSA) is 176 Å². The highest BCUT2D eigenvalue weighted by atomic mass is 19.4. The standard InChI is InChI=1S/C20H13F4N5O2.C20H15F3N6O2.C2H6/c1-11-8-14(21)17(25-9-11)28-19(30)13-10-26-29-7-6-15(27-18(13)29)12-4-2-3-5-16(12)31-20(22,23)24;1-11-9-24-17(12(2)26-11)28-19(30)14-10-25-29-8-7-15(27-18(14)29)13-5-3-4-6-16(13)31-20(21,22)23;1-2/h2-10H,1H3,(H,25,28,30);3-10H,1-2H3,(H,24,28,30);1-2H3. The Morgan fingerprint density at radius 3 is 1.52 bits per heavy atom. The Morgan fingerprint density at radius 2 is 1.06 bits per heavy atom. The molecule has 0 bridgehead atoms. The van der Waals surface area contributed by atoms with Crippen LogP contribution in [0, 0.1) is 26.6 Å². The Kier molecular flexibility index (Phi) is 13.4. The molecule has 2 aromatic carbocycles. The first-order valence-electron chi connectivity index (χ1n) is 18.9. The van der Waals surface area contributed by atoms with E-state index in [4.69, 9.17) is 0 Å². The maximum absolute atomic E-state index is 14.0. The second-order valence-corrected chi connectivity index (χ2v) is 13.1. The lowest BCUT2D eigenvalue weighted by Crippen LogP contribution is -2.17. The lowest BCUT2D eigenvalue weighted by atomic mass is 10.1. The fourth-order valence-corrected chi connectivity index (χ4v) is 5.84. The molecule has 6 aromatic heterocycles. The molecule has 0 aliphatic rings. The van der Waals surface area contributed by atoms with Crippen LogP contribution in [-0.4, -0.2) is 68.7 Å². The van der Waals surface area contributed by atoms with Crippen LogP contribution in [0.25, 0.3) is 33.8 Å². The number of hydrogen-bond donors (Lipinski definition) is 2. The quantitative estimate of drug-likeness (QED) is 0.139. The van der Waals surface area contributed by atoms with Gasteiger partial charge >= 0.3 is 12.7 Å². The fourth-order valence-electron chi connectivity index (χ4n) is 5.84. The van der Waals surface area contributed by atoms with Crippen LogP contribution in [0.3, 0.4) is 0 Å². The molecule has 64 heavy (non-hydrogen) atoms. The summed E-state index contributed by atoms with van der Waals surface area (Å²) in [5, 5.41) is 13.1. The molecule has 0 radical (unpaired) electrons. The SMILES string of the molecule is CC.Cc1cnc(NC(=O)c2cnn3ccc(-c4ccccc4OC(F)(F)F)nc23)c(C)n1.Cc1cnc(NC(=O)c2cnn3ccc(-c4ccccc4OC(F)(F)F)nc23)c(F)c1. The van der Waals surface area contributed by atoms with E-state index in [9.17, 15) is 40.3 Å². The van der Waals surface area contributed by atoms with E-state index >= 15 is 0 Å². The second-order valence-electron chi connectivity index (χ2n) is 13.1. The van der Waals surface area contributed by atoms with Gasteiger partial charge in [0.25, 0.3) is 11.8 Å². The highest BCUT2D eigenvalue weighted by Crippen LogP contribution is 2.34. The van der Waals surface area contributed by atoms with Crippen LogP contribution < -0.4 is 20.1 Å². The molecule has 0 fully saturated rings. The van der Waals surface area contributed by atoms with Crippen molar-refractivity contribution < 1.29 is 49.8 Å². The predicted molar refractivity (Wildman–Crippen MR) is 218 cm³/mol. The van der Waals surface area contributed by atoms with Gasteiger partial charge in [-0.05, 0) is 68.8 Å². The average molecular weight is 890 g/mol. The predicted octanol–water partition coefficient (Wildman–Crippen LogP) is 9.37. The molecule has 0 aliphatic heterocycles. The lowest BCUT2D eigenvalue weighted by molar-refractivity contribution is -0.275. The van der Waals surface area contributed by atoms with Gasteiger partial charge in [0.1, 0.15) is 22.6 Å². The summed E-state index contributed by atoms with van der Waals surface area (Å²) in [6.07, 6.45) is -1.36. The molecular formula is C42H34F7N11O4. The van der Waals surface area contributed by atoms with Crippen LogP contribution in [0.15, 0.2) is 104 Å². The number of aryl methyl sites for hydroxylation is 3. The normalized spacial score (nSPS) is 11.2. The Labute approximate surface area is 358 Å². The number of anilines is 2. The van der Waals surface area contributed by atoms with Crippen molar-refractivity contribution in [3.8, 4) is 34.0 Å². The third-order valence-electron chi connectivity index (χ3n) is 8.51. The van der Waals surface area contributed by atoms with Crippen LogP contribution >= 0.6 is 0 Å². The van der Waals surface area contributed by atoms with Gasteiger partial charge in [0, 0.05) is 29.7 Å². The number of alkyl halides is 6. The number of hydrogen-bond acceptors (Lipinski definition) is 11. The number of ether oxygens (including phenoxy) is 2. The molecule has 22 heteroatoms. The molecule has 0 atom stereocenters. The summed E-state index contributed by atoms with van der Waals surface area (Å²) in [6, 6.07) is 15.2. The summed E-state index contributed by atoms with van der Waals surface area (Å²) in [5.41, 5.74) is 2.66. The summed E-state index contributed by atoms with van der Waals surface area (Å²) >= 11 is 0. The van der Waals surface area contributed by atoms with Gasteiger partial charge in [0.2, 0.25) is 0 Å². The molecule has 15 nitrogen and oxygen atoms in total. The van der Waals surface area contributed by atoms with Crippen LogP contribution in [0.5, 0.6) is 11.5 Å². The molecule has 0 saturated heterocycles. The molecule has 330 valence electrons. The van der Waals surface area contributed by atoms with Gasteiger partial charge in [-0.15, -0.1) is 26.3 Å².